The van der Waals surface area contributed by atoms with E-state index >= 15 is 0 Å². The molecule has 27 heavy (non-hydrogen) atoms. The number of methoxy groups -OCH3 is 1. The minimum Gasteiger partial charge on any atom is -0.497 e. The van der Waals surface area contributed by atoms with Crippen LogP contribution in [-0.2, 0) is 11.3 Å². The monoisotopic (exact) mass is 384 g/mol. The van der Waals surface area contributed by atoms with Crippen molar-refractivity contribution in [3.05, 3.63) is 70.8 Å². The SMILES string of the molecule is COc1ccc(N(Cc2cccs2)C(=O)CCNC(=O)c2ccco2)cc1. The van der Waals surface area contributed by atoms with Gasteiger partial charge in [0.1, 0.15) is 5.75 Å². The molecule has 140 valence electrons. The first kappa shape index (κ1) is 18.7. The van der Waals surface area contributed by atoms with Crippen LogP contribution in [-0.4, -0.2) is 25.5 Å². The number of furan rings is 1. The summed E-state index contributed by atoms with van der Waals surface area (Å²) in [6, 6.07) is 14.5. The van der Waals surface area contributed by atoms with Gasteiger partial charge in [0, 0.05) is 23.5 Å². The number of hydrogen-bond donors (Lipinski definition) is 1. The van der Waals surface area contributed by atoms with E-state index in [1.54, 1.807) is 35.5 Å². The number of rotatable bonds is 8. The van der Waals surface area contributed by atoms with Crippen molar-refractivity contribution in [2.75, 3.05) is 18.6 Å². The third kappa shape index (κ3) is 4.98. The molecule has 2 aromatic heterocycles. The Kier molecular flexibility index (Phi) is 6.27. The number of anilines is 1. The summed E-state index contributed by atoms with van der Waals surface area (Å²) in [5.74, 6) is 0.552. The number of nitrogens with zero attached hydrogens (tertiary/aromatic N) is 1. The van der Waals surface area contributed by atoms with E-state index in [4.69, 9.17) is 9.15 Å². The van der Waals surface area contributed by atoms with Gasteiger partial charge < -0.3 is 19.4 Å². The fourth-order valence-electron chi connectivity index (χ4n) is 2.56. The lowest BCUT2D eigenvalue weighted by atomic mass is 10.2. The van der Waals surface area contributed by atoms with Gasteiger partial charge in [-0.2, -0.15) is 0 Å². The molecule has 2 heterocycles. The van der Waals surface area contributed by atoms with Crippen molar-refractivity contribution in [2.24, 2.45) is 0 Å². The van der Waals surface area contributed by atoms with E-state index in [0.717, 1.165) is 16.3 Å². The Labute approximate surface area is 161 Å². The molecule has 0 saturated carbocycles. The molecular formula is C20H20N2O4S. The zero-order chi connectivity index (χ0) is 19.1. The maximum Gasteiger partial charge on any atom is 0.286 e. The number of ether oxygens (including phenoxy) is 1. The van der Waals surface area contributed by atoms with Crippen LogP contribution in [0, 0.1) is 0 Å². The Bertz CT molecular complexity index is 858. The molecular weight excluding hydrogens is 364 g/mol. The number of carbonyl (C=O) groups is 2. The van der Waals surface area contributed by atoms with E-state index in [9.17, 15) is 9.59 Å². The molecule has 0 spiro atoms. The summed E-state index contributed by atoms with van der Waals surface area (Å²) < 4.78 is 10.2. The molecule has 0 aliphatic heterocycles. The van der Waals surface area contributed by atoms with Gasteiger partial charge in [-0.15, -0.1) is 11.3 Å². The molecule has 1 N–H and O–H groups in total. The van der Waals surface area contributed by atoms with Gasteiger partial charge in [-0.1, -0.05) is 6.07 Å². The van der Waals surface area contributed by atoms with Crippen LogP contribution in [0.25, 0.3) is 0 Å². The highest BCUT2D eigenvalue weighted by molar-refractivity contribution is 7.09. The van der Waals surface area contributed by atoms with Gasteiger partial charge in [-0.05, 0) is 47.8 Å². The van der Waals surface area contributed by atoms with Crippen molar-refractivity contribution in [3.8, 4) is 5.75 Å². The second kappa shape index (κ2) is 9.05. The van der Waals surface area contributed by atoms with Crippen molar-refractivity contribution in [1.29, 1.82) is 0 Å². The van der Waals surface area contributed by atoms with E-state index in [0.29, 0.717) is 6.54 Å². The molecule has 0 unspecified atom stereocenters. The highest BCUT2D eigenvalue weighted by Gasteiger charge is 2.17. The van der Waals surface area contributed by atoms with Gasteiger partial charge in [0.05, 0.1) is 19.9 Å². The largest absolute Gasteiger partial charge is 0.497 e. The molecule has 0 fully saturated rings. The highest BCUT2D eigenvalue weighted by Crippen LogP contribution is 2.23. The second-order valence-electron chi connectivity index (χ2n) is 5.74. The average molecular weight is 384 g/mol. The maximum atomic E-state index is 12.8. The zero-order valence-corrected chi connectivity index (χ0v) is 15.7. The first-order valence-electron chi connectivity index (χ1n) is 8.46. The lowest BCUT2D eigenvalue weighted by molar-refractivity contribution is -0.118. The second-order valence-corrected chi connectivity index (χ2v) is 6.77. The Morgan fingerprint density at radius 2 is 1.96 bits per heavy atom. The van der Waals surface area contributed by atoms with Gasteiger partial charge in [-0.3, -0.25) is 9.59 Å². The van der Waals surface area contributed by atoms with E-state index < -0.39 is 0 Å². The van der Waals surface area contributed by atoms with Crippen LogP contribution in [0.1, 0.15) is 21.9 Å². The quantitative estimate of drug-likeness (QED) is 0.643. The van der Waals surface area contributed by atoms with E-state index in [1.165, 1.54) is 6.26 Å². The summed E-state index contributed by atoms with van der Waals surface area (Å²) in [6.45, 7) is 0.713. The van der Waals surface area contributed by atoms with E-state index in [-0.39, 0.29) is 30.5 Å². The van der Waals surface area contributed by atoms with Crippen molar-refractivity contribution in [2.45, 2.75) is 13.0 Å². The lowest BCUT2D eigenvalue weighted by Crippen LogP contribution is -2.34. The number of thiophene rings is 1. The van der Waals surface area contributed by atoms with Crippen molar-refractivity contribution >= 4 is 28.8 Å². The Hall–Kier alpha value is -3.06. The topological polar surface area (TPSA) is 71.8 Å². The molecule has 0 atom stereocenters. The lowest BCUT2D eigenvalue weighted by Gasteiger charge is -2.22. The fourth-order valence-corrected chi connectivity index (χ4v) is 3.25. The third-order valence-corrected chi connectivity index (χ3v) is 4.81. The minimum absolute atomic E-state index is 0.0756. The summed E-state index contributed by atoms with van der Waals surface area (Å²) in [7, 11) is 1.60. The smallest absolute Gasteiger partial charge is 0.286 e. The van der Waals surface area contributed by atoms with Crippen LogP contribution < -0.4 is 15.0 Å². The zero-order valence-electron chi connectivity index (χ0n) is 14.9. The number of benzene rings is 1. The first-order chi connectivity index (χ1) is 13.2. The first-order valence-corrected chi connectivity index (χ1v) is 9.34. The van der Waals surface area contributed by atoms with Gasteiger partial charge in [0.25, 0.3) is 5.91 Å². The molecule has 2 amide bonds. The number of carbonyl (C=O) groups excluding carboxylic acids is 2. The van der Waals surface area contributed by atoms with Gasteiger partial charge in [0.2, 0.25) is 5.91 Å². The Morgan fingerprint density at radius 3 is 2.59 bits per heavy atom. The summed E-state index contributed by atoms with van der Waals surface area (Å²) >= 11 is 1.60. The Morgan fingerprint density at radius 1 is 1.15 bits per heavy atom. The number of amides is 2. The molecule has 3 aromatic rings. The molecule has 6 nitrogen and oxygen atoms in total. The van der Waals surface area contributed by atoms with Crippen LogP contribution >= 0.6 is 11.3 Å². The Balaban J connectivity index is 1.65. The molecule has 0 aliphatic rings. The summed E-state index contributed by atoms with van der Waals surface area (Å²) in [4.78, 5) is 27.5. The number of nitrogens with one attached hydrogen (secondary N) is 1. The standard InChI is InChI=1S/C20H20N2O4S/c1-25-16-8-6-15(7-9-16)22(14-17-4-3-13-27-17)19(23)10-11-21-20(24)18-5-2-12-26-18/h2-9,12-13H,10-11,14H2,1H3,(H,21,24). The molecule has 0 aliphatic carbocycles. The van der Waals surface area contributed by atoms with E-state index in [2.05, 4.69) is 5.32 Å². The molecule has 1 aromatic carbocycles. The van der Waals surface area contributed by atoms with Gasteiger partial charge >= 0.3 is 0 Å². The summed E-state index contributed by atoms with van der Waals surface area (Å²) in [5, 5.41) is 4.68. The minimum atomic E-state index is -0.331. The fraction of sp³-hybridized carbons (Fsp3) is 0.200. The average Bonchev–Trinajstić information content (AvgIpc) is 3.40. The van der Waals surface area contributed by atoms with Crippen molar-refractivity contribution in [3.63, 3.8) is 0 Å². The van der Waals surface area contributed by atoms with Crippen molar-refractivity contribution < 1.29 is 18.7 Å². The van der Waals surface area contributed by atoms with E-state index in [1.807, 2.05) is 41.8 Å². The van der Waals surface area contributed by atoms with Gasteiger partial charge in [-0.25, -0.2) is 0 Å². The third-order valence-electron chi connectivity index (χ3n) is 3.95. The molecule has 3 rings (SSSR count). The molecule has 0 saturated heterocycles. The van der Waals surface area contributed by atoms with Crippen LogP contribution in [0.15, 0.2) is 64.6 Å². The summed E-state index contributed by atoms with van der Waals surface area (Å²) in [6.07, 6.45) is 1.62. The molecule has 0 bridgehead atoms. The maximum absolute atomic E-state index is 12.8. The summed E-state index contributed by atoms with van der Waals surface area (Å²) in [5.41, 5.74) is 0.784. The predicted octanol–water partition coefficient (Wildman–Crippen LogP) is 3.70. The van der Waals surface area contributed by atoms with Crippen molar-refractivity contribution in [1.82, 2.24) is 5.32 Å². The molecule has 7 heteroatoms. The van der Waals surface area contributed by atoms with Crippen LogP contribution in [0.2, 0.25) is 0 Å². The van der Waals surface area contributed by atoms with Crippen LogP contribution in [0.4, 0.5) is 5.69 Å². The predicted molar refractivity (Wildman–Crippen MR) is 104 cm³/mol. The van der Waals surface area contributed by atoms with Crippen LogP contribution in [0.5, 0.6) is 5.75 Å². The normalized spacial score (nSPS) is 10.4. The van der Waals surface area contributed by atoms with Crippen LogP contribution in [0.3, 0.4) is 0 Å². The molecule has 0 radical (unpaired) electrons. The highest BCUT2D eigenvalue weighted by atomic mass is 32.1. The number of hydrogen-bond acceptors (Lipinski definition) is 5. The van der Waals surface area contributed by atoms with Gasteiger partial charge in [0.15, 0.2) is 5.76 Å².